The van der Waals surface area contributed by atoms with Crippen LogP contribution in [0.3, 0.4) is 0 Å². The molecule has 17 heavy (non-hydrogen) atoms. The number of Topliss-reactive ketones (excluding diaryl/α,β-unsaturated/α-hetero) is 1. The average molecular weight is 266 g/mol. The van der Waals surface area contributed by atoms with Crippen LogP contribution in [0, 0.1) is 0 Å². The third-order valence-corrected chi connectivity index (χ3v) is 3.56. The van der Waals surface area contributed by atoms with E-state index in [-0.39, 0.29) is 13.2 Å². The van der Waals surface area contributed by atoms with Crippen molar-refractivity contribution >= 4 is 17.1 Å². The highest BCUT2D eigenvalue weighted by Crippen LogP contribution is 2.33. The first kappa shape index (κ1) is 12.5. The molecule has 3 nitrogen and oxygen atoms in total. The second-order valence-corrected chi connectivity index (χ2v) is 4.75. The average Bonchev–Trinajstić information content (AvgIpc) is 2.86. The van der Waals surface area contributed by atoms with Crippen LogP contribution in [0.5, 0.6) is 0 Å². The minimum absolute atomic E-state index is 0.0111. The van der Waals surface area contributed by atoms with Gasteiger partial charge in [0.15, 0.2) is 5.78 Å². The monoisotopic (exact) mass is 266 g/mol. The van der Waals surface area contributed by atoms with Crippen LogP contribution >= 0.6 is 11.3 Å². The number of ketones is 1. The van der Waals surface area contributed by atoms with Crippen molar-refractivity contribution in [2.45, 2.75) is 18.3 Å². The highest BCUT2D eigenvalue weighted by Gasteiger charge is 2.63. The maximum Gasteiger partial charge on any atom is 0.473 e. The summed E-state index contributed by atoms with van der Waals surface area (Å²) in [5, 5.41) is 2.71. The highest BCUT2D eigenvalue weighted by molar-refractivity contribution is 7.12. The molecule has 0 radical (unpaired) electrons. The molecule has 2 N–H and O–H groups in total. The first-order valence-corrected chi connectivity index (χ1v) is 5.94. The second kappa shape index (κ2) is 4.40. The molecular formula is C10H11F3NO2S+. The molecular weight excluding hydrogens is 255 g/mol. The second-order valence-electron chi connectivity index (χ2n) is 3.81. The van der Waals surface area contributed by atoms with Crippen molar-refractivity contribution in [3.8, 4) is 0 Å². The zero-order valence-corrected chi connectivity index (χ0v) is 9.61. The molecule has 1 aromatic rings. The van der Waals surface area contributed by atoms with E-state index in [9.17, 15) is 18.0 Å². The molecule has 0 amide bonds. The fourth-order valence-corrected chi connectivity index (χ4v) is 2.44. The molecule has 0 aliphatic carbocycles. The minimum atomic E-state index is -4.55. The number of ether oxygens (including phenoxy) is 1. The summed E-state index contributed by atoms with van der Waals surface area (Å²) in [6, 6.07) is 3.16. The van der Waals surface area contributed by atoms with Crippen LogP contribution in [0.4, 0.5) is 13.2 Å². The van der Waals surface area contributed by atoms with Gasteiger partial charge in [-0.15, -0.1) is 11.3 Å². The molecule has 1 aromatic heterocycles. The predicted octanol–water partition coefficient (Wildman–Crippen LogP) is 1.17. The van der Waals surface area contributed by atoms with Gasteiger partial charge < -0.3 is 10.1 Å². The van der Waals surface area contributed by atoms with Crippen molar-refractivity contribution in [2.24, 2.45) is 0 Å². The van der Waals surface area contributed by atoms with E-state index in [4.69, 9.17) is 4.74 Å². The van der Waals surface area contributed by atoms with Gasteiger partial charge in [0.1, 0.15) is 19.6 Å². The van der Waals surface area contributed by atoms with Crippen molar-refractivity contribution in [1.82, 2.24) is 0 Å². The molecule has 2 rings (SSSR count). The maximum atomic E-state index is 12.9. The molecule has 7 heteroatoms. The van der Waals surface area contributed by atoms with Gasteiger partial charge in [-0.05, 0) is 11.4 Å². The summed E-state index contributed by atoms with van der Waals surface area (Å²) in [5.41, 5.74) is -2.39. The fourth-order valence-electron chi connectivity index (χ4n) is 1.78. The summed E-state index contributed by atoms with van der Waals surface area (Å²) in [6.45, 7) is 0.231. The summed E-state index contributed by atoms with van der Waals surface area (Å²) in [4.78, 5) is 12.1. The van der Waals surface area contributed by atoms with Gasteiger partial charge in [0.05, 0.1) is 4.88 Å². The van der Waals surface area contributed by atoms with Gasteiger partial charge in [0, 0.05) is 0 Å². The Balaban J connectivity index is 2.17. The molecule has 0 saturated carbocycles. The van der Waals surface area contributed by atoms with Gasteiger partial charge in [-0.1, -0.05) is 6.07 Å². The molecule has 0 unspecified atom stereocenters. The summed E-state index contributed by atoms with van der Waals surface area (Å²) in [6.07, 6.45) is -5.21. The smallest absolute Gasteiger partial charge is 0.313 e. The number of carbonyl (C=O) groups is 1. The molecule has 1 atom stereocenters. The Labute approximate surface area is 99.6 Å². The van der Waals surface area contributed by atoms with Gasteiger partial charge in [-0.2, -0.15) is 13.2 Å². The van der Waals surface area contributed by atoms with Crippen molar-refractivity contribution in [3.05, 3.63) is 22.4 Å². The largest absolute Gasteiger partial charge is 0.473 e. The summed E-state index contributed by atoms with van der Waals surface area (Å²) < 4.78 is 43.5. The molecule has 1 aliphatic heterocycles. The van der Waals surface area contributed by atoms with Gasteiger partial charge in [0.2, 0.25) is 0 Å². The lowest BCUT2D eigenvalue weighted by atomic mass is 10.1. The quantitative estimate of drug-likeness (QED) is 0.835. The normalized spacial score (nSPS) is 25.1. The van der Waals surface area contributed by atoms with Crippen LogP contribution in [-0.2, 0) is 4.74 Å². The fraction of sp³-hybridized carbons (Fsp3) is 0.500. The molecule has 0 aromatic carbocycles. The molecule has 1 saturated heterocycles. The SMILES string of the molecule is O=C(C[C@]1(C(F)(F)F)[NH2+]CCO1)c1cccs1. The highest BCUT2D eigenvalue weighted by atomic mass is 32.1. The first-order valence-electron chi connectivity index (χ1n) is 5.06. The van der Waals surface area contributed by atoms with E-state index in [2.05, 4.69) is 0 Å². The molecule has 0 spiro atoms. The topological polar surface area (TPSA) is 42.9 Å². The van der Waals surface area contributed by atoms with Crippen molar-refractivity contribution < 1.29 is 28.0 Å². The summed E-state index contributed by atoms with van der Waals surface area (Å²) >= 11 is 1.14. The van der Waals surface area contributed by atoms with Crippen LogP contribution in [0.25, 0.3) is 0 Å². The van der Waals surface area contributed by atoms with Crippen LogP contribution in [-0.4, -0.2) is 30.8 Å². The Morgan fingerprint density at radius 2 is 2.35 bits per heavy atom. The number of rotatable bonds is 3. The number of hydrogen-bond donors (Lipinski definition) is 1. The number of thiophene rings is 1. The maximum absolute atomic E-state index is 12.9. The van der Waals surface area contributed by atoms with E-state index in [1.165, 1.54) is 6.07 Å². The van der Waals surface area contributed by atoms with Gasteiger partial charge in [-0.25, -0.2) is 0 Å². The lowest BCUT2D eigenvalue weighted by molar-refractivity contribution is -0.761. The summed E-state index contributed by atoms with van der Waals surface area (Å²) in [7, 11) is 0. The molecule has 2 heterocycles. The first-order chi connectivity index (χ1) is 7.95. The van der Waals surface area contributed by atoms with E-state index in [0.29, 0.717) is 4.88 Å². The predicted molar refractivity (Wildman–Crippen MR) is 54.8 cm³/mol. The number of halogens is 3. The van der Waals surface area contributed by atoms with E-state index in [1.807, 2.05) is 0 Å². The van der Waals surface area contributed by atoms with Crippen molar-refractivity contribution in [3.63, 3.8) is 0 Å². The van der Waals surface area contributed by atoms with E-state index in [0.717, 1.165) is 16.7 Å². The summed E-state index contributed by atoms with van der Waals surface area (Å²) in [5.74, 6) is -0.532. The van der Waals surface area contributed by atoms with E-state index < -0.39 is 24.1 Å². The minimum Gasteiger partial charge on any atom is -0.313 e. The zero-order valence-electron chi connectivity index (χ0n) is 8.79. The standard InChI is InChI=1S/C10H10F3NO2S/c11-10(12,13)9(14-3-4-16-9)6-7(15)8-2-1-5-17-8/h1-2,5,14H,3-4,6H2/p+1/t9-/m0/s1. The molecule has 94 valence electrons. The lowest BCUT2D eigenvalue weighted by Crippen LogP contribution is -2.98. The lowest BCUT2D eigenvalue weighted by Gasteiger charge is -2.26. The number of nitrogens with two attached hydrogens (primary N) is 1. The third kappa shape index (κ3) is 2.36. The van der Waals surface area contributed by atoms with Crippen molar-refractivity contribution in [2.75, 3.05) is 13.2 Å². The zero-order chi connectivity index (χ0) is 12.5. The Morgan fingerprint density at radius 1 is 1.59 bits per heavy atom. The van der Waals surface area contributed by atoms with Crippen LogP contribution in [0.1, 0.15) is 16.1 Å². The van der Waals surface area contributed by atoms with E-state index in [1.54, 1.807) is 11.4 Å². The van der Waals surface area contributed by atoms with Gasteiger partial charge in [-0.3, -0.25) is 4.79 Å². The number of alkyl halides is 3. The Hall–Kier alpha value is -0.920. The van der Waals surface area contributed by atoms with Gasteiger partial charge >= 0.3 is 11.9 Å². The Bertz CT molecular complexity index is 396. The van der Waals surface area contributed by atoms with Crippen LogP contribution in [0.2, 0.25) is 0 Å². The third-order valence-electron chi connectivity index (χ3n) is 2.65. The molecule has 1 aliphatic rings. The number of carbonyl (C=O) groups excluding carboxylic acids is 1. The number of hydrogen-bond acceptors (Lipinski definition) is 3. The van der Waals surface area contributed by atoms with Gasteiger partial charge in [0.25, 0.3) is 0 Å². The molecule has 1 fully saturated rings. The van der Waals surface area contributed by atoms with Crippen LogP contribution < -0.4 is 5.32 Å². The van der Waals surface area contributed by atoms with Crippen molar-refractivity contribution in [1.29, 1.82) is 0 Å². The van der Waals surface area contributed by atoms with Crippen LogP contribution in [0.15, 0.2) is 17.5 Å². The Kier molecular flexibility index (Phi) is 3.24. The molecule has 0 bridgehead atoms. The number of quaternary nitrogens is 1. The van der Waals surface area contributed by atoms with E-state index >= 15 is 0 Å². The Morgan fingerprint density at radius 3 is 2.82 bits per heavy atom.